The second kappa shape index (κ2) is 3.96. The molecule has 15 heavy (non-hydrogen) atoms. The van der Waals surface area contributed by atoms with E-state index < -0.39 is 0 Å². The van der Waals surface area contributed by atoms with E-state index in [0.29, 0.717) is 11.4 Å². The standard InChI is InChI=1S/C11H9FN2O/c12-8-3-5-9(6-4-8)14-11(15)10-2-1-7-13-10/h1-7,13H,(H,14,15). The Hall–Kier alpha value is -2.10. The summed E-state index contributed by atoms with van der Waals surface area (Å²) >= 11 is 0. The van der Waals surface area contributed by atoms with Gasteiger partial charge in [0.1, 0.15) is 11.5 Å². The van der Waals surface area contributed by atoms with Crippen LogP contribution in [0.4, 0.5) is 10.1 Å². The molecule has 0 fully saturated rings. The molecule has 2 rings (SSSR count). The van der Waals surface area contributed by atoms with Crippen LogP contribution in [0.1, 0.15) is 10.5 Å². The number of carbonyl (C=O) groups excluding carboxylic acids is 1. The summed E-state index contributed by atoms with van der Waals surface area (Å²) < 4.78 is 12.6. The number of rotatable bonds is 2. The minimum Gasteiger partial charge on any atom is -0.357 e. The Morgan fingerprint density at radius 1 is 1.20 bits per heavy atom. The van der Waals surface area contributed by atoms with Gasteiger partial charge in [0, 0.05) is 11.9 Å². The van der Waals surface area contributed by atoms with Gasteiger partial charge in [0.05, 0.1) is 0 Å². The number of amides is 1. The molecule has 4 heteroatoms. The van der Waals surface area contributed by atoms with Crippen molar-refractivity contribution in [3.63, 3.8) is 0 Å². The van der Waals surface area contributed by atoms with E-state index in [1.165, 1.54) is 24.3 Å². The summed E-state index contributed by atoms with van der Waals surface area (Å²) in [4.78, 5) is 14.3. The van der Waals surface area contributed by atoms with E-state index in [-0.39, 0.29) is 11.7 Å². The van der Waals surface area contributed by atoms with E-state index in [4.69, 9.17) is 0 Å². The monoisotopic (exact) mass is 204 g/mol. The van der Waals surface area contributed by atoms with Crippen LogP contribution in [0.2, 0.25) is 0 Å². The number of nitrogens with one attached hydrogen (secondary N) is 2. The van der Waals surface area contributed by atoms with E-state index >= 15 is 0 Å². The fourth-order valence-electron chi connectivity index (χ4n) is 1.20. The van der Waals surface area contributed by atoms with Crippen LogP contribution in [0.25, 0.3) is 0 Å². The summed E-state index contributed by atoms with van der Waals surface area (Å²) in [5.74, 6) is -0.570. The van der Waals surface area contributed by atoms with Crippen LogP contribution in [0.3, 0.4) is 0 Å². The topological polar surface area (TPSA) is 44.9 Å². The lowest BCUT2D eigenvalue weighted by molar-refractivity contribution is 0.102. The Kier molecular flexibility index (Phi) is 2.49. The predicted molar refractivity (Wildman–Crippen MR) is 55.1 cm³/mol. The lowest BCUT2D eigenvalue weighted by Crippen LogP contribution is -2.11. The smallest absolute Gasteiger partial charge is 0.272 e. The number of anilines is 1. The van der Waals surface area contributed by atoms with Gasteiger partial charge in [-0.3, -0.25) is 4.79 Å². The predicted octanol–water partition coefficient (Wildman–Crippen LogP) is 2.41. The van der Waals surface area contributed by atoms with Gasteiger partial charge in [-0.25, -0.2) is 4.39 Å². The Balaban J connectivity index is 2.09. The zero-order valence-electron chi connectivity index (χ0n) is 7.83. The number of aromatic nitrogens is 1. The molecule has 1 heterocycles. The first-order valence-electron chi connectivity index (χ1n) is 4.46. The summed E-state index contributed by atoms with van der Waals surface area (Å²) in [5, 5.41) is 2.63. The van der Waals surface area contributed by atoms with Gasteiger partial charge < -0.3 is 10.3 Å². The Labute approximate surface area is 85.9 Å². The molecular formula is C11H9FN2O. The van der Waals surface area contributed by atoms with Crippen LogP contribution in [0.15, 0.2) is 42.6 Å². The summed E-state index contributed by atoms with van der Waals surface area (Å²) in [7, 11) is 0. The molecular weight excluding hydrogens is 195 g/mol. The van der Waals surface area contributed by atoms with Crippen LogP contribution in [0, 0.1) is 5.82 Å². The molecule has 0 saturated heterocycles. The number of carbonyl (C=O) groups is 1. The highest BCUT2D eigenvalue weighted by Gasteiger charge is 2.05. The average Bonchev–Trinajstić information content (AvgIpc) is 2.74. The fraction of sp³-hybridized carbons (Fsp3) is 0. The molecule has 0 aliphatic carbocycles. The molecule has 0 bridgehead atoms. The van der Waals surface area contributed by atoms with E-state index in [2.05, 4.69) is 10.3 Å². The van der Waals surface area contributed by atoms with Crippen molar-refractivity contribution in [1.82, 2.24) is 4.98 Å². The van der Waals surface area contributed by atoms with Crippen LogP contribution < -0.4 is 5.32 Å². The van der Waals surface area contributed by atoms with Crippen molar-refractivity contribution in [2.24, 2.45) is 0 Å². The third-order valence-electron chi connectivity index (χ3n) is 1.94. The molecule has 0 saturated carbocycles. The maximum Gasteiger partial charge on any atom is 0.272 e. The molecule has 0 radical (unpaired) electrons. The first-order chi connectivity index (χ1) is 7.25. The average molecular weight is 204 g/mol. The van der Waals surface area contributed by atoms with Crippen molar-refractivity contribution in [3.8, 4) is 0 Å². The zero-order chi connectivity index (χ0) is 10.7. The zero-order valence-corrected chi connectivity index (χ0v) is 7.83. The van der Waals surface area contributed by atoms with Crippen molar-refractivity contribution in [3.05, 3.63) is 54.1 Å². The highest BCUT2D eigenvalue weighted by atomic mass is 19.1. The van der Waals surface area contributed by atoms with Gasteiger partial charge in [0.2, 0.25) is 0 Å². The molecule has 0 spiro atoms. The van der Waals surface area contributed by atoms with Crippen molar-refractivity contribution < 1.29 is 9.18 Å². The first-order valence-corrected chi connectivity index (χ1v) is 4.46. The first kappa shape index (κ1) is 9.45. The molecule has 0 aliphatic heterocycles. The highest BCUT2D eigenvalue weighted by Crippen LogP contribution is 2.09. The molecule has 2 aromatic rings. The lowest BCUT2D eigenvalue weighted by Gasteiger charge is -2.02. The normalized spacial score (nSPS) is 9.93. The van der Waals surface area contributed by atoms with E-state index in [9.17, 15) is 9.18 Å². The van der Waals surface area contributed by atoms with Gasteiger partial charge in [-0.05, 0) is 36.4 Å². The number of H-pyrrole nitrogens is 1. The number of hydrogen-bond acceptors (Lipinski definition) is 1. The second-order valence-corrected chi connectivity index (χ2v) is 3.04. The molecule has 1 amide bonds. The van der Waals surface area contributed by atoms with Gasteiger partial charge in [0.15, 0.2) is 0 Å². The minimum atomic E-state index is -0.326. The van der Waals surface area contributed by atoms with E-state index in [0.717, 1.165) is 0 Å². The number of aromatic amines is 1. The SMILES string of the molecule is O=C(Nc1ccc(F)cc1)c1ccc[nH]1. The van der Waals surface area contributed by atoms with Gasteiger partial charge in [-0.2, -0.15) is 0 Å². The number of benzene rings is 1. The van der Waals surface area contributed by atoms with Crippen LogP contribution in [0.5, 0.6) is 0 Å². The van der Waals surface area contributed by atoms with Gasteiger partial charge in [0.25, 0.3) is 5.91 Å². The quantitative estimate of drug-likeness (QED) is 0.775. The summed E-state index contributed by atoms with van der Waals surface area (Å²) in [6, 6.07) is 9.01. The van der Waals surface area contributed by atoms with Crippen LogP contribution in [-0.2, 0) is 0 Å². The lowest BCUT2D eigenvalue weighted by atomic mass is 10.3. The molecule has 2 N–H and O–H groups in total. The van der Waals surface area contributed by atoms with E-state index in [1.54, 1.807) is 18.3 Å². The second-order valence-electron chi connectivity index (χ2n) is 3.04. The molecule has 0 unspecified atom stereocenters. The van der Waals surface area contributed by atoms with Gasteiger partial charge >= 0.3 is 0 Å². The fourth-order valence-corrected chi connectivity index (χ4v) is 1.20. The molecule has 0 atom stereocenters. The Morgan fingerprint density at radius 3 is 2.53 bits per heavy atom. The molecule has 1 aromatic heterocycles. The maximum atomic E-state index is 12.6. The van der Waals surface area contributed by atoms with Crippen molar-refractivity contribution >= 4 is 11.6 Å². The minimum absolute atomic E-state index is 0.244. The Morgan fingerprint density at radius 2 is 1.93 bits per heavy atom. The van der Waals surface area contributed by atoms with Crippen molar-refractivity contribution in [1.29, 1.82) is 0 Å². The summed E-state index contributed by atoms with van der Waals surface area (Å²) in [6.07, 6.45) is 1.67. The van der Waals surface area contributed by atoms with Gasteiger partial charge in [-0.1, -0.05) is 0 Å². The molecule has 76 valence electrons. The molecule has 3 nitrogen and oxygen atoms in total. The molecule has 1 aromatic carbocycles. The van der Waals surface area contributed by atoms with Crippen molar-refractivity contribution in [2.75, 3.05) is 5.32 Å². The van der Waals surface area contributed by atoms with Crippen molar-refractivity contribution in [2.45, 2.75) is 0 Å². The molecule has 0 aliphatic rings. The highest BCUT2D eigenvalue weighted by molar-refractivity contribution is 6.02. The summed E-state index contributed by atoms with van der Waals surface area (Å²) in [6.45, 7) is 0. The summed E-state index contributed by atoms with van der Waals surface area (Å²) in [5.41, 5.74) is 1.04. The maximum absolute atomic E-state index is 12.6. The number of hydrogen-bond donors (Lipinski definition) is 2. The van der Waals surface area contributed by atoms with E-state index in [1.807, 2.05) is 0 Å². The largest absolute Gasteiger partial charge is 0.357 e. The van der Waals surface area contributed by atoms with Crippen LogP contribution >= 0.6 is 0 Å². The van der Waals surface area contributed by atoms with Gasteiger partial charge in [-0.15, -0.1) is 0 Å². The van der Waals surface area contributed by atoms with Crippen LogP contribution in [-0.4, -0.2) is 10.9 Å². The Bertz CT molecular complexity index is 448. The third kappa shape index (κ3) is 2.22. The number of halogens is 1. The third-order valence-corrected chi connectivity index (χ3v) is 1.94.